The van der Waals surface area contributed by atoms with Crippen LogP contribution >= 0.6 is 0 Å². The highest BCUT2D eigenvalue weighted by Gasteiger charge is 2.38. The molecule has 74 valence electrons. The Kier molecular flexibility index (Phi) is 1.67. The molecule has 0 radical (unpaired) electrons. The van der Waals surface area contributed by atoms with Crippen LogP contribution in [0.4, 0.5) is 13.2 Å². The number of phenolic OH excluding ortho intramolecular Hbond substituents is 1. The summed E-state index contributed by atoms with van der Waals surface area (Å²) in [6.07, 6.45) is -4.56. The van der Waals surface area contributed by atoms with Gasteiger partial charge in [-0.25, -0.2) is 0 Å². The molecule has 2 aromatic rings. The second-order valence-electron chi connectivity index (χ2n) is 2.71. The molecule has 2 rings (SSSR count). The maximum absolute atomic E-state index is 12.3. The van der Waals surface area contributed by atoms with E-state index >= 15 is 0 Å². The van der Waals surface area contributed by atoms with Gasteiger partial charge in [-0.3, -0.25) is 0 Å². The van der Waals surface area contributed by atoms with Crippen molar-refractivity contribution in [3.8, 4) is 5.75 Å². The fourth-order valence-electron chi connectivity index (χ4n) is 1.14. The molecule has 0 spiro atoms. The van der Waals surface area contributed by atoms with Gasteiger partial charge in [-0.15, -0.1) is 0 Å². The van der Waals surface area contributed by atoms with Gasteiger partial charge in [0.2, 0.25) is 5.76 Å². The third-order valence-corrected chi connectivity index (χ3v) is 1.72. The SMILES string of the molecule is Oc1ccc2c(C(F)(F)F)onc2c1. The van der Waals surface area contributed by atoms with Crippen molar-refractivity contribution in [1.82, 2.24) is 5.16 Å². The summed E-state index contributed by atoms with van der Waals surface area (Å²) in [5, 5.41) is 12.0. The molecule has 1 aromatic heterocycles. The molecule has 0 atom stereocenters. The summed E-state index contributed by atoms with van der Waals surface area (Å²) >= 11 is 0. The van der Waals surface area contributed by atoms with Crippen LogP contribution in [0, 0.1) is 0 Å². The standard InChI is InChI=1S/C8H4F3NO2/c9-8(10,11)7-5-2-1-4(13)3-6(5)12-14-7/h1-3,13H. The van der Waals surface area contributed by atoms with E-state index in [2.05, 4.69) is 9.68 Å². The second-order valence-corrected chi connectivity index (χ2v) is 2.71. The van der Waals surface area contributed by atoms with E-state index in [9.17, 15) is 13.2 Å². The lowest BCUT2D eigenvalue weighted by Gasteiger charge is -2.00. The summed E-state index contributed by atoms with van der Waals surface area (Å²) in [6, 6.07) is 3.37. The lowest BCUT2D eigenvalue weighted by Crippen LogP contribution is -2.03. The third-order valence-electron chi connectivity index (χ3n) is 1.72. The maximum atomic E-state index is 12.3. The fourth-order valence-corrected chi connectivity index (χ4v) is 1.14. The molecule has 6 heteroatoms. The van der Waals surface area contributed by atoms with Gasteiger partial charge in [0, 0.05) is 6.07 Å². The van der Waals surface area contributed by atoms with Gasteiger partial charge in [0.1, 0.15) is 11.3 Å². The van der Waals surface area contributed by atoms with Gasteiger partial charge in [0.15, 0.2) is 0 Å². The van der Waals surface area contributed by atoms with Crippen molar-refractivity contribution in [2.45, 2.75) is 6.18 Å². The fraction of sp³-hybridized carbons (Fsp3) is 0.125. The number of nitrogens with zero attached hydrogens (tertiary/aromatic N) is 1. The molecule has 0 saturated heterocycles. The molecule has 0 aliphatic rings. The molecule has 3 nitrogen and oxygen atoms in total. The van der Waals surface area contributed by atoms with Crippen molar-refractivity contribution < 1.29 is 22.8 Å². The quantitative estimate of drug-likeness (QED) is 0.715. The Hall–Kier alpha value is -1.72. The van der Waals surface area contributed by atoms with E-state index in [0.717, 1.165) is 18.2 Å². The van der Waals surface area contributed by atoms with Crippen molar-refractivity contribution in [1.29, 1.82) is 0 Å². The molecule has 0 aliphatic heterocycles. The van der Waals surface area contributed by atoms with Crippen molar-refractivity contribution in [2.75, 3.05) is 0 Å². The summed E-state index contributed by atoms with van der Waals surface area (Å²) in [5.74, 6) is -1.30. The van der Waals surface area contributed by atoms with Crippen LogP contribution in [0.5, 0.6) is 5.75 Å². The molecule has 1 heterocycles. The molecule has 0 amide bonds. The Morgan fingerprint density at radius 1 is 1.29 bits per heavy atom. The minimum atomic E-state index is -4.56. The molecular formula is C8H4F3NO2. The van der Waals surface area contributed by atoms with E-state index in [1.165, 1.54) is 0 Å². The Labute approximate surface area is 75.7 Å². The average Bonchev–Trinajstić information content (AvgIpc) is 2.45. The van der Waals surface area contributed by atoms with Crippen molar-refractivity contribution >= 4 is 10.9 Å². The molecule has 14 heavy (non-hydrogen) atoms. The highest BCUT2D eigenvalue weighted by atomic mass is 19.4. The molecule has 0 unspecified atom stereocenters. The van der Waals surface area contributed by atoms with Crippen LogP contribution < -0.4 is 0 Å². The monoisotopic (exact) mass is 203 g/mol. The van der Waals surface area contributed by atoms with Crippen molar-refractivity contribution in [3.63, 3.8) is 0 Å². The van der Waals surface area contributed by atoms with E-state index in [0.29, 0.717) is 0 Å². The summed E-state index contributed by atoms with van der Waals surface area (Å²) in [4.78, 5) is 0. The Bertz CT molecular complexity index is 475. The van der Waals surface area contributed by atoms with E-state index in [4.69, 9.17) is 5.11 Å². The topological polar surface area (TPSA) is 46.3 Å². The van der Waals surface area contributed by atoms with E-state index in [1.54, 1.807) is 0 Å². The largest absolute Gasteiger partial charge is 0.508 e. The molecular weight excluding hydrogens is 199 g/mol. The highest BCUT2D eigenvalue weighted by molar-refractivity contribution is 5.82. The van der Waals surface area contributed by atoms with Crippen LogP contribution in [-0.2, 0) is 6.18 Å². The number of benzene rings is 1. The van der Waals surface area contributed by atoms with Crippen LogP contribution in [0.2, 0.25) is 0 Å². The van der Waals surface area contributed by atoms with Crippen LogP contribution in [0.3, 0.4) is 0 Å². The number of hydrogen-bond acceptors (Lipinski definition) is 3. The average molecular weight is 203 g/mol. The number of aromatic nitrogens is 1. The van der Waals surface area contributed by atoms with E-state index < -0.39 is 11.9 Å². The first-order valence-corrected chi connectivity index (χ1v) is 3.64. The maximum Gasteiger partial charge on any atom is 0.453 e. The first kappa shape index (κ1) is 8.86. The van der Waals surface area contributed by atoms with Gasteiger partial charge >= 0.3 is 6.18 Å². The molecule has 1 aromatic carbocycles. The van der Waals surface area contributed by atoms with Crippen LogP contribution in [0.1, 0.15) is 5.76 Å². The Balaban J connectivity index is 2.70. The molecule has 1 N–H and O–H groups in total. The first-order valence-electron chi connectivity index (χ1n) is 3.64. The van der Waals surface area contributed by atoms with Crippen LogP contribution in [-0.4, -0.2) is 10.3 Å². The van der Waals surface area contributed by atoms with Crippen molar-refractivity contribution in [2.24, 2.45) is 0 Å². The van der Waals surface area contributed by atoms with Gasteiger partial charge < -0.3 is 9.63 Å². The summed E-state index contributed by atoms with van der Waals surface area (Å²) in [6.45, 7) is 0. The summed E-state index contributed by atoms with van der Waals surface area (Å²) < 4.78 is 40.9. The number of phenols is 1. The minimum Gasteiger partial charge on any atom is -0.508 e. The number of hydrogen-bond donors (Lipinski definition) is 1. The third kappa shape index (κ3) is 1.28. The smallest absolute Gasteiger partial charge is 0.453 e. The predicted octanol–water partition coefficient (Wildman–Crippen LogP) is 2.55. The number of fused-ring (bicyclic) bond motifs is 1. The lowest BCUT2D eigenvalue weighted by molar-refractivity contribution is -0.154. The van der Waals surface area contributed by atoms with Gasteiger partial charge in [-0.1, -0.05) is 5.16 Å². The summed E-state index contributed by atoms with van der Waals surface area (Å²) in [5.41, 5.74) is -0.0164. The zero-order valence-electron chi connectivity index (χ0n) is 6.67. The van der Waals surface area contributed by atoms with E-state index in [1.807, 2.05) is 0 Å². The zero-order valence-corrected chi connectivity index (χ0v) is 6.67. The summed E-state index contributed by atoms with van der Waals surface area (Å²) in [7, 11) is 0. The van der Waals surface area contributed by atoms with Crippen molar-refractivity contribution in [3.05, 3.63) is 24.0 Å². The molecule has 0 saturated carbocycles. The van der Waals surface area contributed by atoms with Gasteiger partial charge in [0.05, 0.1) is 5.39 Å². The molecule has 0 fully saturated rings. The zero-order chi connectivity index (χ0) is 10.3. The molecule has 0 aliphatic carbocycles. The van der Waals surface area contributed by atoms with Crippen LogP contribution in [0.15, 0.2) is 22.7 Å². The minimum absolute atomic E-state index is 0.0164. The van der Waals surface area contributed by atoms with Crippen LogP contribution in [0.25, 0.3) is 10.9 Å². The first-order chi connectivity index (χ1) is 6.48. The van der Waals surface area contributed by atoms with Gasteiger partial charge in [0.25, 0.3) is 0 Å². The number of rotatable bonds is 0. The predicted molar refractivity (Wildman–Crippen MR) is 40.7 cm³/mol. The molecule has 0 bridgehead atoms. The lowest BCUT2D eigenvalue weighted by atomic mass is 10.2. The highest BCUT2D eigenvalue weighted by Crippen LogP contribution is 2.35. The van der Waals surface area contributed by atoms with Gasteiger partial charge in [-0.05, 0) is 12.1 Å². The number of aromatic hydroxyl groups is 1. The van der Waals surface area contributed by atoms with Gasteiger partial charge in [-0.2, -0.15) is 13.2 Å². The Morgan fingerprint density at radius 3 is 2.64 bits per heavy atom. The van der Waals surface area contributed by atoms with E-state index in [-0.39, 0.29) is 16.7 Å². The second kappa shape index (κ2) is 2.63. The normalized spacial score (nSPS) is 12.2. The Morgan fingerprint density at radius 2 is 2.00 bits per heavy atom. The number of alkyl halides is 3. The number of halogens is 3.